The Morgan fingerprint density at radius 3 is 2.74 bits per heavy atom. The molecule has 19 heavy (non-hydrogen) atoms. The van der Waals surface area contributed by atoms with E-state index in [4.69, 9.17) is 0 Å². The summed E-state index contributed by atoms with van der Waals surface area (Å²) in [5.74, 6) is 1.09. The van der Waals surface area contributed by atoms with Crippen LogP contribution < -0.4 is 10.2 Å². The molecule has 0 saturated heterocycles. The Kier molecular flexibility index (Phi) is 5.76. The maximum atomic E-state index is 11.7. The number of hydrogen-bond donors (Lipinski definition) is 2. The standard InChI is InChI=1S/C14H23N3O2/c1-10(2)8-16-14(19)9-17(4)13-7-12(11(3)18)5-6-15-13/h5-7,10-11,18H,8-9H2,1-4H3,(H,16,19)/t11-/m1/s1. The lowest BCUT2D eigenvalue weighted by molar-refractivity contribution is -0.119. The van der Waals surface area contributed by atoms with Crippen molar-refractivity contribution in [3.8, 4) is 0 Å². The first-order valence-corrected chi connectivity index (χ1v) is 6.52. The summed E-state index contributed by atoms with van der Waals surface area (Å²) in [5.41, 5.74) is 0.791. The molecule has 0 aromatic carbocycles. The molecule has 0 aliphatic heterocycles. The van der Waals surface area contributed by atoms with Crippen molar-refractivity contribution in [1.29, 1.82) is 0 Å². The van der Waals surface area contributed by atoms with Gasteiger partial charge < -0.3 is 15.3 Å². The number of nitrogens with one attached hydrogen (secondary N) is 1. The van der Waals surface area contributed by atoms with Crippen LogP contribution in [0.4, 0.5) is 5.82 Å². The van der Waals surface area contributed by atoms with Crippen molar-refractivity contribution >= 4 is 11.7 Å². The molecule has 106 valence electrons. The van der Waals surface area contributed by atoms with Crippen molar-refractivity contribution in [3.05, 3.63) is 23.9 Å². The van der Waals surface area contributed by atoms with Crippen LogP contribution in [0, 0.1) is 5.92 Å². The van der Waals surface area contributed by atoms with E-state index in [0.717, 1.165) is 5.56 Å². The molecule has 5 heteroatoms. The molecule has 1 rings (SSSR count). The predicted molar refractivity (Wildman–Crippen MR) is 76.0 cm³/mol. The Labute approximate surface area is 114 Å². The van der Waals surface area contributed by atoms with Gasteiger partial charge in [0.05, 0.1) is 12.6 Å². The second-order valence-electron chi connectivity index (χ2n) is 5.18. The highest BCUT2D eigenvalue weighted by atomic mass is 16.3. The first-order chi connectivity index (χ1) is 8.90. The maximum Gasteiger partial charge on any atom is 0.239 e. The zero-order chi connectivity index (χ0) is 14.4. The van der Waals surface area contributed by atoms with E-state index in [2.05, 4.69) is 24.1 Å². The Bertz CT molecular complexity index is 419. The molecule has 1 aromatic rings. The Hall–Kier alpha value is -1.62. The minimum atomic E-state index is -0.537. The van der Waals surface area contributed by atoms with E-state index in [1.807, 2.05) is 7.05 Å². The lowest BCUT2D eigenvalue weighted by atomic mass is 10.2. The number of pyridine rings is 1. The number of aliphatic hydroxyl groups excluding tert-OH is 1. The zero-order valence-electron chi connectivity index (χ0n) is 12.1. The van der Waals surface area contributed by atoms with Crippen molar-refractivity contribution in [2.45, 2.75) is 26.9 Å². The number of nitrogens with zero attached hydrogens (tertiary/aromatic N) is 2. The zero-order valence-corrected chi connectivity index (χ0v) is 12.1. The van der Waals surface area contributed by atoms with Crippen LogP contribution in [0.5, 0.6) is 0 Å². The average molecular weight is 265 g/mol. The van der Waals surface area contributed by atoms with Gasteiger partial charge in [0.25, 0.3) is 0 Å². The molecule has 1 atom stereocenters. The molecule has 1 heterocycles. The Morgan fingerprint density at radius 1 is 1.47 bits per heavy atom. The van der Waals surface area contributed by atoms with Crippen LogP contribution >= 0.6 is 0 Å². The fourth-order valence-corrected chi connectivity index (χ4v) is 1.57. The molecule has 0 unspecified atom stereocenters. The second-order valence-corrected chi connectivity index (χ2v) is 5.18. The third-order valence-corrected chi connectivity index (χ3v) is 2.73. The van der Waals surface area contributed by atoms with E-state index in [9.17, 15) is 9.90 Å². The van der Waals surface area contributed by atoms with E-state index in [1.165, 1.54) is 0 Å². The summed E-state index contributed by atoms with van der Waals surface area (Å²) < 4.78 is 0. The van der Waals surface area contributed by atoms with Crippen molar-refractivity contribution in [2.75, 3.05) is 25.0 Å². The van der Waals surface area contributed by atoms with Gasteiger partial charge in [-0.1, -0.05) is 13.8 Å². The normalized spacial score (nSPS) is 12.3. The summed E-state index contributed by atoms with van der Waals surface area (Å²) >= 11 is 0. The number of likely N-dealkylation sites (N-methyl/N-ethyl adjacent to an activating group) is 1. The maximum absolute atomic E-state index is 11.7. The number of aromatic nitrogens is 1. The largest absolute Gasteiger partial charge is 0.389 e. The van der Waals surface area contributed by atoms with Crippen LogP contribution in [0.3, 0.4) is 0 Å². The number of hydrogen-bond acceptors (Lipinski definition) is 4. The fraction of sp³-hybridized carbons (Fsp3) is 0.571. The quantitative estimate of drug-likeness (QED) is 0.814. The van der Waals surface area contributed by atoms with E-state index in [0.29, 0.717) is 18.3 Å². The van der Waals surface area contributed by atoms with Gasteiger partial charge in [-0.25, -0.2) is 4.98 Å². The molecular weight excluding hydrogens is 242 g/mol. The topological polar surface area (TPSA) is 65.5 Å². The van der Waals surface area contributed by atoms with Crippen molar-refractivity contribution in [3.63, 3.8) is 0 Å². The average Bonchev–Trinajstić information content (AvgIpc) is 2.36. The smallest absolute Gasteiger partial charge is 0.239 e. The molecule has 1 amide bonds. The van der Waals surface area contributed by atoms with Gasteiger partial charge in [-0.3, -0.25) is 4.79 Å². The number of amides is 1. The first kappa shape index (κ1) is 15.4. The molecule has 0 spiro atoms. The molecule has 0 fully saturated rings. The van der Waals surface area contributed by atoms with E-state index in [1.54, 1.807) is 30.2 Å². The summed E-state index contributed by atoms with van der Waals surface area (Å²) in [6, 6.07) is 3.56. The molecule has 2 N–H and O–H groups in total. The molecule has 0 saturated carbocycles. The lowest BCUT2D eigenvalue weighted by Crippen LogP contribution is -2.37. The van der Waals surface area contributed by atoms with Crippen LogP contribution in [0.1, 0.15) is 32.4 Å². The lowest BCUT2D eigenvalue weighted by Gasteiger charge is -2.19. The fourth-order valence-electron chi connectivity index (χ4n) is 1.57. The summed E-state index contributed by atoms with van der Waals surface area (Å²) in [4.78, 5) is 17.7. The number of aliphatic hydroxyl groups is 1. The van der Waals surface area contributed by atoms with Gasteiger partial charge in [0, 0.05) is 19.8 Å². The molecule has 5 nitrogen and oxygen atoms in total. The number of carbonyl (C=O) groups is 1. The van der Waals surface area contributed by atoms with Gasteiger partial charge >= 0.3 is 0 Å². The van der Waals surface area contributed by atoms with Crippen LogP contribution in [0.2, 0.25) is 0 Å². The number of carbonyl (C=O) groups excluding carboxylic acids is 1. The van der Waals surface area contributed by atoms with Gasteiger partial charge in [-0.05, 0) is 30.5 Å². The summed E-state index contributed by atoms with van der Waals surface area (Å²) in [5, 5.41) is 12.4. The minimum Gasteiger partial charge on any atom is -0.389 e. The molecule has 0 radical (unpaired) electrons. The van der Waals surface area contributed by atoms with Gasteiger partial charge in [-0.2, -0.15) is 0 Å². The SMILES string of the molecule is CC(C)CNC(=O)CN(C)c1cc([C@@H](C)O)ccn1. The highest BCUT2D eigenvalue weighted by Gasteiger charge is 2.10. The summed E-state index contributed by atoms with van der Waals surface area (Å²) in [7, 11) is 1.81. The van der Waals surface area contributed by atoms with Gasteiger partial charge in [0.15, 0.2) is 0 Å². The van der Waals surface area contributed by atoms with Crippen molar-refractivity contribution in [2.24, 2.45) is 5.92 Å². The van der Waals surface area contributed by atoms with Gasteiger partial charge in [0.1, 0.15) is 5.82 Å². The van der Waals surface area contributed by atoms with Crippen LogP contribution in [-0.4, -0.2) is 36.1 Å². The third kappa shape index (κ3) is 5.26. The van der Waals surface area contributed by atoms with Gasteiger partial charge in [0.2, 0.25) is 5.91 Å². The van der Waals surface area contributed by atoms with E-state index < -0.39 is 6.10 Å². The monoisotopic (exact) mass is 265 g/mol. The molecule has 0 aliphatic rings. The van der Waals surface area contributed by atoms with Crippen LogP contribution in [0.25, 0.3) is 0 Å². The third-order valence-electron chi connectivity index (χ3n) is 2.73. The summed E-state index contributed by atoms with van der Waals surface area (Å²) in [6.07, 6.45) is 1.10. The van der Waals surface area contributed by atoms with E-state index >= 15 is 0 Å². The molecule has 1 aromatic heterocycles. The van der Waals surface area contributed by atoms with Gasteiger partial charge in [-0.15, -0.1) is 0 Å². The Balaban J connectivity index is 2.60. The van der Waals surface area contributed by atoms with Crippen LogP contribution in [-0.2, 0) is 4.79 Å². The predicted octanol–water partition coefficient (Wildman–Crippen LogP) is 1.34. The van der Waals surface area contributed by atoms with E-state index in [-0.39, 0.29) is 12.5 Å². The summed E-state index contributed by atoms with van der Waals surface area (Å²) in [6.45, 7) is 6.74. The number of anilines is 1. The first-order valence-electron chi connectivity index (χ1n) is 6.52. The highest BCUT2D eigenvalue weighted by molar-refractivity contribution is 5.80. The number of rotatable bonds is 6. The molecule has 0 aliphatic carbocycles. The van der Waals surface area contributed by atoms with Crippen molar-refractivity contribution < 1.29 is 9.90 Å². The van der Waals surface area contributed by atoms with Crippen LogP contribution in [0.15, 0.2) is 18.3 Å². The Morgan fingerprint density at radius 2 is 2.16 bits per heavy atom. The highest BCUT2D eigenvalue weighted by Crippen LogP contribution is 2.16. The van der Waals surface area contributed by atoms with Crippen molar-refractivity contribution in [1.82, 2.24) is 10.3 Å². The second kappa shape index (κ2) is 7.09. The molecule has 0 bridgehead atoms. The molecular formula is C14H23N3O2. The minimum absolute atomic E-state index is 0.0274.